The van der Waals surface area contributed by atoms with Gasteiger partial charge in [-0.15, -0.1) is 22.7 Å². The van der Waals surface area contributed by atoms with Gasteiger partial charge in [0, 0.05) is 16.5 Å². The summed E-state index contributed by atoms with van der Waals surface area (Å²) < 4.78 is 4.91. The molecule has 0 spiro atoms. The molecular weight excluding hydrogens is 294 g/mol. The smallest absolute Gasteiger partial charge is 0.311 e. The molecule has 0 radical (unpaired) electrons. The van der Waals surface area contributed by atoms with Gasteiger partial charge < -0.3 is 10.1 Å². The number of aromatic nitrogens is 2. The van der Waals surface area contributed by atoms with Crippen LogP contribution in [0.4, 0.5) is 5.13 Å². The van der Waals surface area contributed by atoms with Gasteiger partial charge in [-0.2, -0.15) is 0 Å². The normalized spacial score (nSPS) is 12.2. The highest BCUT2D eigenvalue weighted by atomic mass is 32.1. The Hall–Kier alpha value is -1.47. The SMILES string of the molecule is CCOC(=O)Cc1csc(NC(C)c2nc(C)cs2)n1. The topological polar surface area (TPSA) is 64.1 Å². The average molecular weight is 311 g/mol. The summed E-state index contributed by atoms with van der Waals surface area (Å²) in [6.45, 7) is 6.22. The van der Waals surface area contributed by atoms with Gasteiger partial charge in [-0.25, -0.2) is 9.97 Å². The number of hydrogen-bond donors (Lipinski definition) is 1. The van der Waals surface area contributed by atoms with Crippen molar-refractivity contribution in [2.45, 2.75) is 33.2 Å². The van der Waals surface area contributed by atoms with Gasteiger partial charge in [0.15, 0.2) is 5.13 Å². The minimum atomic E-state index is -0.243. The van der Waals surface area contributed by atoms with Crippen molar-refractivity contribution in [1.82, 2.24) is 9.97 Å². The lowest BCUT2D eigenvalue weighted by Crippen LogP contribution is -2.09. The number of carbonyl (C=O) groups excluding carboxylic acids is 1. The third-order valence-corrected chi connectivity index (χ3v) is 4.50. The molecule has 0 aliphatic carbocycles. The summed E-state index contributed by atoms with van der Waals surface area (Å²) in [5.74, 6) is -0.243. The van der Waals surface area contributed by atoms with Crippen LogP contribution in [0, 0.1) is 6.92 Å². The summed E-state index contributed by atoms with van der Waals surface area (Å²) >= 11 is 3.12. The fourth-order valence-corrected chi connectivity index (χ4v) is 3.23. The lowest BCUT2D eigenvalue weighted by molar-refractivity contribution is -0.142. The first-order chi connectivity index (χ1) is 9.58. The zero-order valence-corrected chi connectivity index (χ0v) is 13.3. The van der Waals surface area contributed by atoms with Gasteiger partial charge in [0.1, 0.15) is 5.01 Å². The molecule has 20 heavy (non-hydrogen) atoms. The van der Waals surface area contributed by atoms with Gasteiger partial charge in [-0.1, -0.05) is 0 Å². The fourth-order valence-electron chi connectivity index (χ4n) is 1.63. The van der Waals surface area contributed by atoms with Crippen LogP contribution in [0.15, 0.2) is 10.8 Å². The molecule has 0 aromatic carbocycles. The average Bonchev–Trinajstić information content (AvgIpc) is 2.99. The van der Waals surface area contributed by atoms with Gasteiger partial charge in [-0.05, 0) is 20.8 Å². The van der Waals surface area contributed by atoms with E-state index in [1.165, 1.54) is 11.3 Å². The number of thiazole rings is 2. The van der Waals surface area contributed by atoms with Crippen LogP contribution in [0.5, 0.6) is 0 Å². The summed E-state index contributed by atoms with van der Waals surface area (Å²) in [6.07, 6.45) is 0.219. The van der Waals surface area contributed by atoms with Gasteiger partial charge >= 0.3 is 5.97 Å². The molecule has 0 aliphatic rings. The second kappa shape index (κ2) is 6.81. The Balaban J connectivity index is 1.94. The Labute approximate surface area is 126 Å². The van der Waals surface area contributed by atoms with E-state index in [4.69, 9.17) is 4.74 Å². The van der Waals surface area contributed by atoms with Crippen molar-refractivity contribution in [2.24, 2.45) is 0 Å². The van der Waals surface area contributed by atoms with Crippen molar-refractivity contribution in [2.75, 3.05) is 11.9 Å². The van der Waals surface area contributed by atoms with E-state index in [1.54, 1.807) is 18.3 Å². The van der Waals surface area contributed by atoms with E-state index in [9.17, 15) is 4.79 Å². The zero-order valence-electron chi connectivity index (χ0n) is 11.7. The zero-order chi connectivity index (χ0) is 14.5. The Morgan fingerprint density at radius 3 is 2.85 bits per heavy atom. The second-order valence-corrected chi connectivity index (χ2v) is 6.07. The van der Waals surface area contributed by atoms with E-state index < -0.39 is 0 Å². The minimum absolute atomic E-state index is 0.107. The van der Waals surface area contributed by atoms with Gasteiger partial charge in [0.25, 0.3) is 0 Å². The Morgan fingerprint density at radius 1 is 1.40 bits per heavy atom. The second-order valence-electron chi connectivity index (χ2n) is 4.32. The molecule has 2 heterocycles. The molecule has 0 aliphatic heterocycles. The third kappa shape index (κ3) is 4.01. The van der Waals surface area contributed by atoms with Crippen LogP contribution in [0.25, 0.3) is 0 Å². The van der Waals surface area contributed by atoms with Crippen LogP contribution in [-0.4, -0.2) is 22.5 Å². The molecule has 0 bridgehead atoms. The highest BCUT2D eigenvalue weighted by Crippen LogP contribution is 2.24. The summed E-state index contributed by atoms with van der Waals surface area (Å²) in [5.41, 5.74) is 1.76. The molecular formula is C13H17N3O2S2. The Morgan fingerprint density at radius 2 is 2.20 bits per heavy atom. The van der Waals surface area contributed by atoms with E-state index >= 15 is 0 Å². The molecule has 0 saturated heterocycles. The van der Waals surface area contributed by atoms with E-state index in [1.807, 2.05) is 24.6 Å². The minimum Gasteiger partial charge on any atom is -0.466 e. The number of ether oxygens (including phenoxy) is 1. The lowest BCUT2D eigenvalue weighted by Gasteiger charge is -2.09. The first-order valence-corrected chi connectivity index (χ1v) is 8.13. The molecule has 7 heteroatoms. The molecule has 0 fully saturated rings. The molecule has 1 unspecified atom stereocenters. The molecule has 2 aromatic heterocycles. The molecule has 108 valence electrons. The van der Waals surface area contributed by atoms with Crippen LogP contribution in [-0.2, 0) is 16.0 Å². The Kier molecular flexibility index (Phi) is 5.08. The van der Waals surface area contributed by atoms with Crippen LogP contribution < -0.4 is 5.32 Å². The van der Waals surface area contributed by atoms with Crippen molar-refractivity contribution in [3.05, 3.63) is 27.2 Å². The number of hydrogen-bond acceptors (Lipinski definition) is 7. The van der Waals surface area contributed by atoms with E-state index in [0.717, 1.165) is 21.5 Å². The number of nitrogens with one attached hydrogen (secondary N) is 1. The molecule has 5 nitrogen and oxygen atoms in total. The van der Waals surface area contributed by atoms with Gasteiger partial charge in [-0.3, -0.25) is 4.79 Å². The van der Waals surface area contributed by atoms with Crippen molar-refractivity contribution < 1.29 is 9.53 Å². The van der Waals surface area contributed by atoms with Crippen LogP contribution in [0.3, 0.4) is 0 Å². The maximum Gasteiger partial charge on any atom is 0.311 e. The highest BCUT2D eigenvalue weighted by Gasteiger charge is 2.13. The first-order valence-electron chi connectivity index (χ1n) is 6.37. The van der Waals surface area contributed by atoms with E-state index in [2.05, 4.69) is 15.3 Å². The Bertz CT molecular complexity index is 580. The van der Waals surface area contributed by atoms with Crippen LogP contribution in [0.2, 0.25) is 0 Å². The number of aryl methyl sites for hydroxylation is 1. The number of rotatable bonds is 6. The molecule has 0 amide bonds. The maximum absolute atomic E-state index is 11.4. The van der Waals surface area contributed by atoms with Gasteiger partial charge in [0.05, 0.1) is 24.8 Å². The van der Waals surface area contributed by atoms with Crippen LogP contribution in [0.1, 0.15) is 36.3 Å². The molecule has 1 N–H and O–H groups in total. The number of anilines is 1. The van der Waals surface area contributed by atoms with Crippen molar-refractivity contribution >= 4 is 33.8 Å². The molecule has 0 saturated carbocycles. The van der Waals surface area contributed by atoms with Crippen molar-refractivity contribution in [3.63, 3.8) is 0 Å². The first kappa shape index (κ1) is 14.9. The largest absolute Gasteiger partial charge is 0.466 e. The highest BCUT2D eigenvalue weighted by molar-refractivity contribution is 7.13. The number of nitrogens with zero attached hydrogens (tertiary/aromatic N) is 2. The monoisotopic (exact) mass is 311 g/mol. The van der Waals surface area contributed by atoms with Crippen LogP contribution >= 0.6 is 22.7 Å². The summed E-state index contributed by atoms with van der Waals surface area (Å²) in [7, 11) is 0. The van der Waals surface area contributed by atoms with Crippen molar-refractivity contribution in [1.29, 1.82) is 0 Å². The van der Waals surface area contributed by atoms with Gasteiger partial charge in [0.2, 0.25) is 0 Å². The number of carbonyl (C=O) groups is 1. The van der Waals surface area contributed by atoms with Crippen molar-refractivity contribution in [3.8, 4) is 0 Å². The third-order valence-electron chi connectivity index (χ3n) is 2.53. The summed E-state index contributed by atoms with van der Waals surface area (Å²) in [6, 6.07) is 0.107. The standard InChI is InChI=1S/C13H17N3O2S2/c1-4-18-11(17)5-10-7-20-13(16-10)15-9(3)12-14-8(2)6-19-12/h6-7,9H,4-5H2,1-3H3,(H,15,16). The molecule has 2 rings (SSSR count). The predicted octanol–water partition coefficient (Wildman–Crippen LogP) is 3.19. The number of esters is 1. The molecule has 1 atom stereocenters. The fraction of sp³-hybridized carbons (Fsp3) is 0.462. The van der Waals surface area contributed by atoms with E-state index in [0.29, 0.717) is 6.61 Å². The molecule has 2 aromatic rings. The lowest BCUT2D eigenvalue weighted by atomic mass is 10.3. The maximum atomic E-state index is 11.4. The summed E-state index contributed by atoms with van der Waals surface area (Å²) in [5, 5.41) is 9.03. The van der Waals surface area contributed by atoms with E-state index in [-0.39, 0.29) is 18.4 Å². The summed E-state index contributed by atoms with van der Waals surface area (Å²) in [4.78, 5) is 20.2. The predicted molar refractivity (Wildman–Crippen MR) is 81.3 cm³/mol. The quantitative estimate of drug-likeness (QED) is 0.830.